The highest BCUT2D eigenvalue weighted by molar-refractivity contribution is 5.34. The van der Waals surface area contributed by atoms with Crippen LogP contribution in [0.2, 0.25) is 0 Å². The van der Waals surface area contributed by atoms with Gasteiger partial charge in [0.05, 0.1) is 0 Å². The summed E-state index contributed by atoms with van der Waals surface area (Å²) in [4.78, 5) is 0. The van der Waals surface area contributed by atoms with E-state index in [1.54, 1.807) is 0 Å². The van der Waals surface area contributed by atoms with Gasteiger partial charge in [0.2, 0.25) is 0 Å². The van der Waals surface area contributed by atoms with Crippen LogP contribution < -0.4 is 5.73 Å². The predicted molar refractivity (Wildman–Crippen MR) is 83.4 cm³/mol. The zero-order chi connectivity index (χ0) is 14.2. The molecule has 0 aliphatic heterocycles. The van der Waals surface area contributed by atoms with Crippen molar-refractivity contribution in [2.75, 3.05) is 0 Å². The van der Waals surface area contributed by atoms with E-state index in [-0.39, 0.29) is 5.41 Å². The topological polar surface area (TPSA) is 26.0 Å². The van der Waals surface area contributed by atoms with E-state index in [1.165, 1.54) is 36.0 Å². The molecule has 2 rings (SSSR count). The van der Waals surface area contributed by atoms with Gasteiger partial charge in [-0.05, 0) is 49.5 Å². The van der Waals surface area contributed by atoms with E-state index in [2.05, 4.69) is 52.8 Å². The van der Waals surface area contributed by atoms with Crippen LogP contribution in [-0.2, 0) is 5.41 Å². The van der Waals surface area contributed by atoms with Crippen LogP contribution in [0, 0.1) is 25.7 Å². The van der Waals surface area contributed by atoms with Crippen molar-refractivity contribution in [1.82, 2.24) is 0 Å². The smallest absolute Gasteiger partial charge is 0.00780 e. The summed E-state index contributed by atoms with van der Waals surface area (Å²) in [6.45, 7) is 11.5. The van der Waals surface area contributed by atoms with Crippen molar-refractivity contribution in [3.8, 4) is 0 Å². The van der Waals surface area contributed by atoms with Crippen molar-refractivity contribution < 1.29 is 0 Å². The fourth-order valence-corrected chi connectivity index (χ4v) is 3.88. The van der Waals surface area contributed by atoms with Crippen LogP contribution in [0.5, 0.6) is 0 Å². The van der Waals surface area contributed by atoms with Gasteiger partial charge in [-0.3, -0.25) is 0 Å². The maximum Gasteiger partial charge on any atom is 0.00780 e. The first-order chi connectivity index (χ1) is 8.80. The molecule has 0 bridgehead atoms. The zero-order valence-corrected chi connectivity index (χ0v) is 13.2. The molecular formula is C18H29N. The normalized spacial score (nSPS) is 28.4. The summed E-state index contributed by atoms with van der Waals surface area (Å²) >= 11 is 0. The lowest BCUT2D eigenvalue weighted by Gasteiger charge is -2.43. The van der Waals surface area contributed by atoms with Gasteiger partial charge < -0.3 is 5.73 Å². The van der Waals surface area contributed by atoms with Gasteiger partial charge in [0.1, 0.15) is 0 Å². The van der Waals surface area contributed by atoms with Crippen molar-refractivity contribution in [2.45, 2.75) is 65.3 Å². The molecule has 1 heteroatoms. The van der Waals surface area contributed by atoms with Crippen LogP contribution in [0.4, 0.5) is 0 Å². The number of rotatable bonds is 2. The molecule has 3 unspecified atom stereocenters. The van der Waals surface area contributed by atoms with Gasteiger partial charge in [0.25, 0.3) is 0 Å². The van der Waals surface area contributed by atoms with Crippen LogP contribution in [0.15, 0.2) is 18.2 Å². The van der Waals surface area contributed by atoms with E-state index in [0.29, 0.717) is 12.0 Å². The zero-order valence-electron chi connectivity index (χ0n) is 13.2. The first kappa shape index (κ1) is 14.6. The third-order valence-electron chi connectivity index (χ3n) is 5.05. The quantitative estimate of drug-likeness (QED) is 0.840. The van der Waals surface area contributed by atoms with Crippen molar-refractivity contribution >= 4 is 0 Å². The van der Waals surface area contributed by atoms with E-state index in [0.717, 1.165) is 5.92 Å². The highest BCUT2D eigenvalue weighted by Gasteiger charge is 2.38. The Morgan fingerprint density at radius 3 is 2.16 bits per heavy atom. The van der Waals surface area contributed by atoms with Crippen molar-refractivity contribution in [3.63, 3.8) is 0 Å². The second-order valence-corrected chi connectivity index (χ2v) is 7.29. The minimum Gasteiger partial charge on any atom is -0.327 e. The van der Waals surface area contributed by atoms with Gasteiger partial charge in [-0.15, -0.1) is 0 Å². The van der Waals surface area contributed by atoms with Crippen LogP contribution in [0.3, 0.4) is 0 Å². The van der Waals surface area contributed by atoms with Gasteiger partial charge >= 0.3 is 0 Å². The van der Waals surface area contributed by atoms with Crippen molar-refractivity contribution in [2.24, 2.45) is 17.6 Å². The van der Waals surface area contributed by atoms with Crippen LogP contribution >= 0.6 is 0 Å². The first-order valence-electron chi connectivity index (χ1n) is 7.65. The lowest BCUT2D eigenvalue weighted by molar-refractivity contribution is 0.171. The molecule has 0 spiro atoms. The average Bonchev–Trinajstić information content (AvgIpc) is 2.26. The van der Waals surface area contributed by atoms with E-state index in [1.807, 2.05) is 0 Å². The van der Waals surface area contributed by atoms with Crippen LogP contribution in [-0.4, -0.2) is 6.04 Å². The molecule has 106 valence electrons. The molecule has 2 N–H and O–H groups in total. The third kappa shape index (κ3) is 3.02. The third-order valence-corrected chi connectivity index (χ3v) is 5.05. The molecule has 1 saturated carbocycles. The van der Waals surface area contributed by atoms with Gasteiger partial charge in [0, 0.05) is 6.04 Å². The van der Waals surface area contributed by atoms with Crippen LogP contribution in [0.25, 0.3) is 0 Å². The van der Waals surface area contributed by atoms with Gasteiger partial charge in [-0.25, -0.2) is 0 Å². The lowest BCUT2D eigenvalue weighted by Crippen LogP contribution is -2.45. The summed E-state index contributed by atoms with van der Waals surface area (Å²) in [6, 6.07) is 7.29. The summed E-state index contributed by atoms with van der Waals surface area (Å²) < 4.78 is 0. The predicted octanol–water partition coefficient (Wildman–Crippen LogP) is 4.34. The minimum absolute atomic E-state index is 0.177. The first-order valence-corrected chi connectivity index (χ1v) is 7.65. The monoisotopic (exact) mass is 259 g/mol. The Labute approximate surface area is 118 Å². The standard InChI is InChI=1S/C18H29N/c1-12-6-7-16(17(19)11-12)18(4,5)15-9-13(2)8-14(3)10-15/h8-10,12,16-17H,6-7,11,19H2,1-5H3. The molecule has 1 aromatic carbocycles. The van der Waals surface area contributed by atoms with Gasteiger partial charge in [-0.1, -0.05) is 56.5 Å². The number of nitrogens with two attached hydrogens (primary N) is 1. The Hall–Kier alpha value is -0.820. The highest BCUT2D eigenvalue weighted by atomic mass is 14.7. The van der Waals surface area contributed by atoms with Crippen molar-refractivity contribution in [3.05, 3.63) is 34.9 Å². The molecule has 3 atom stereocenters. The largest absolute Gasteiger partial charge is 0.327 e. The molecular weight excluding hydrogens is 230 g/mol. The maximum absolute atomic E-state index is 6.47. The molecule has 0 heterocycles. The summed E-state index contributed by atoms with van der Waals surface area (Å²) in [5.74, 6) is 1.39. The molecule has 1 aromatic rings. The van der Waals surface area contributed by atoms with E-state index in [4.69, 9.17) is 5.73 Å². The molecule has 0 aromatic heterocycles. The molecule has 1 aliphatic rings. The molecule has 0 saturated heterocycles. The number of benzene rings is 1. The number of hydrogen-bond acceptors (Lipinski definition) is 1. The lowest BCUT2D eigenvalue weighted by atomic mass is 9.63. The second-order valence-electron chi connectivity index (χ2n) is 7.29. The summed E-state index contributed by atoms with van der Waals surface area (Å²) in [5, 5.41) is 0. The van der Waals surface area contributed by atoms with E-state index < -0.39 is 0 Å². The Bertz CT molecular complexity index is 427. The van der Waals surface area contributed by atoms with E-state index in [9.17, 15) is 0 Å². The Morgan fingerprint density at radius 1 is 1.05 bits per heavy atom. The fourth-order valence-electron chi connectivity index (χ4n) is 3.88. The maximum atomic E-state index is 6.47. The fraction of sp³-hybridized carbons (Fsp3) is 0.667. The summed E-state index contributed by atoms with van der Waals surface area (Å²) in [7, 11) is 0. The molecule has 19 heavy (non-hydrogen) atoms. The Kier molecular flexibility index (Phi) is 4.06. The molecule has 1 aliphatic carbocycles. The molecule has 1 nitrogen and oxygen atoms in total. The molecule has 1 fully saturated rings. The second kappa shape index (κ2) is 5.28. The summed E-state index contributed by atoms with van der Waals surface area (Å²) in [6.07, 6.45) is 3.77. The minimum atomic E-state index is 0.177. The summed E-state index contributed by atoms with van der Waals surface area (Å²) in [5.41, 5.74) is 10.8. The average molecular weight is 259 g/mol. The molecule has 0 radical (unpaired) electrons. The van der Waals surface area contributed by atoms with Gasteiger partial charge in [-0.2, -0.15) is 0 Å². The number of hydrogen-bond donors (Lipinski definition) is 1. The highest BCUT2D eigenvalue weighted by Crippen LogP contribution is 2.42. The van der Waals surface area contributed by atoms with Crippen molar-refractivity contribution in [1.29, 1.82) is 0 Å². The number of aryl methyl sites for hydroxylation is 2. The SMILES string of the molecule is Cc1cc(C)cc(C(C)(C)C2CCC(C)CC2N)c1. The van der Waals surface area contributed by atoms with Crippen LogP contribution in [0.1, 0.15) is 56.7 Å². The van der Waals surface area contributed by atoms with Gasteiger partial charge in [0.15, 0.2) is 0 Å². The Balaban J connectivity index is 2.30. The molecule has 0 amide bonds. The van der Waals surface area contributed by atoms with E-state index >= 15 is 0 Å². The Morgan fingerprint density at radius 2 is 1.63 bits per heavy atom.